The normalized spacial score (nSPS) is 16.1. The second kappa shape index (κ2) is 13.7. The molecule has 1 aliphatic carbocycles. The fourth-order valence-electron chi connectivity index (χ4n) is 6.43. The van der Waals surface area contributed by atoms with E-state index in [9.17, 15) is 19.5 Å². The SMILES string of the molecule is Cn1c2c(cc(Nc3ccc(C(=O)N4CCOCC4)cn3)c1=O)-c1cccc(-c3c(F)cc(C(C)(C)C)cc3/C=N\NC=O)c1CC(O)C2. The molecule has 254 valence electrons. The summed E-state index contributed by atoms with van der Waals surface area (Å²) in [5.41, 5.74) is 7.17. The topological polar surface area (TPSA) is 138 Å². The number of aliphatic hydroxyl groups excluding tert-OH is 1. The molecule has 3 heterocycles. The first-order valence-corrected chi connectivity index (χ1v) is 16.2. The van der Waals surface area contributed by atoms with E-state index in [-0.39, 0.29) is 41.0 Å². The van der Waals surface area contributed by atoms with E-state index in [1.54, 1.807) is 36.2 Å². The van der Waals surface area contributed by atoms with Gasteiger partial charge in [-0.15, -0.1) is 0 Å². The van der Waals surface area contributed by atoms with E-state index in [0.717, 1.165) is 11.1 Å². The summed E-state index contributed by atoms with van der Waals surface area (Å²) in [4.78, 5) is 43.6. The Hall–Kier alpha value is -5.20. The van der Waals surface area contributed by atoms with Gasteiger partial charge in [-0.05, 0) is 64.4 Å². The van der Waals surface area contributed by atoms with Crippen LogP contribution in [0.1, 0.15) is 53.5 Å². The van der Waals surface area contributed by atoms with Gasteiger partial charge >= 0.3 is 0 Å². The molecule has 1 fully saturated rings. The number of nitrogens with zero attached hydrogens (tertiary/aromatic N) is 4. The summed E-state index contributed by atoms with van der Waals surface area (Å²) in [5.74, 6) is -0.211. The van der Waals surface area contributed by atoms with Crippen molar-refractivity contribution in [1.29, 1.82) is 0 Å². The van der Waals surface area contributed by atoms with Crippen LogP contribution in [0.2, 0.25) is 0 Å². The van der Waals surface area contributed by atoms with Gasteiger partial charge in [0.05, 0.1) is 31.1 Å². The summed E-state index contributed by atoms with van der Waals surface area (Å²) in [5, 5.41) is 18.3. The first-order valence-electron chi connectivity index (χ1n) is 16.2. The Labute approximate surface area is 283 Å². The number of morpholine rings is 1. The molecule has 2 aliphatic rings. The largest absolute Gasteiger partial charge is 0.392 e. The van der Waals surface area contributed by atoms with Crippen LogP contribution >= 0.6 is 0 Å². The molecule has 0 spiro atoms. The number of carbonyl (C=O) groups excluding carboxylic acids is 2. The number of aliphatic hydroxyl groups is 1. The van der Waals surface area contributed by atoms with Gasteiger partial charge in [0.25, 0.3) is 11.5 Å². The lowest BCUT2D eigenvalue weighted by atomic mass is 9.82. The van der Waals surface area contributed by atoms with Gasteiger partial charge in [-0.1, -0.05) is 39.0 Å². The molecule has 49 heavy (non-hydrogen) atoms. The zero-order valence-corrected chi connectivity index (χ0v) is 27.9. The number of ether oxygens (including phenoxy) is 1. The predicted molar refractivity (Wildman–Crippen MR) is 186 cm³/mol. The zero-order valence-electron chi connectivity index (χ0n) is 27.9. The molecule has 11 nitrogen and oxygen atoms in total. The zero-order chi connectivity index (χ0) is 34.9. The molecule has 0 saturated carbocycles. The van der Waals surface area contributed by atoms with Crippen LogP contribution in [0.25, 0.3) is 22.3 Å². The number of anilines is 2. The third-order valence-electron chi connectivity index (χ3n) is 9.03. The lowest BCUT2D eigenvalue weighted by Gasteiger charge is -2.26. The second-order valence-corrected chi connectivity index (χ2v) is 13.3. The van der Waals surface area contributed by atoms with E-state index in [0.29, 0.717) is 72.0 Å². The number of rotatable bonds is 7. The fraction of sp³-hybridized carbons (Fsp3) is 0.324. The maximum absolute atomic E-state index is 16.2. The van der Waals surface area contributed by atoms with Crippen LogP contribution in [0.3, 0.4) is 0 Å². The van der Waals surface area contributed by atoms with E-state index in [4.69, 9.17) is 4.74 Å². The molecule has 2 aromatic heterocycles. The molecule has 0 bridgehead atoms. The van der Waals surface area contributed by atoms with Crippen LogP contribution in [0.15, 0.2) is 64.6 Å². The third kappa shape index (κ3) is 6.87. The molecule has 12 heteroatoms. The van der Waals surface area contributed by atoms with Crippen molar-refractivity contribution < 1.29 is 23.8 Å². The van der Waals surface area contributed by atoms with E-state index in [1.807, 2.05) is 39.0 Å². The summed E-state index contributed by atoms with van der Waals surface area (Å²) in [7, 11) is 1.66. The van der Waals surface area contributed by atoms with Gasteiger partial charge in [0, 0.05) is 55.1 Å². The van der Waals surface area contributed by atoms with Crippen molar-refractivity contribution >= 4 is 30.0 Å². The maximum Gasteiger partial charge on any atom is 0.274 e. The molecule has 2 aromatic carbocycles. The minimum Gasteiger partial charge on any atom is -0.392 e. The van der Waals surface area contributed by atoms with Gasteiger partial charge in [0.15, 0.2) is 0 Å². The van der Waals surface area contributed by atoms with Gasteiger partial charge in [0.1, 0.15) is 17.3 Å². The van der Waals surface area contributed by atoms with Crippen LogP contribution in [0.5, 0.6) is 0 Å². The molecular weight excluding hydrogens is 627 g/mol. The molecule has 1 saturated heterocycles. The molecule has 3 N–H and O–H groups in total. The van der Waals surface area contributed by atoms with E-state index in [2.05, 4.69) is 20.8 Å². The average molecular weight is 667 g/mol. The second-order valence-electron chi connectivity index (χ2n) is 13.3. The highest BCUT2D eigenvalue weighted by atomic mass is 19.1. The summed E-state index contributed by atoms with van der Waals surface area (Å²) >= 11 is 0. The molecule has 2 amide bonds. The standard InChI is InChI=1S/C37H39FN6O5/c1-37(2,3)24-14-23(20-40-41-21-45)34(30(38)15-24)27-7-5-6-26-28(27)16-25(46)17-32-29(26)18-31(36(48)43(32)4)42-33-9-8-22(19-39-33)35(47)44-10-12-49-13-11-44/h5-9,14-15,18-21,25,46H,10-13,16-17H2,1-4H3,(H,39,42)(H,41,45)/b40-20-. The van der Waals surface area contributed by atoms with Crippen molar-refractivity contribution in [1.82, 2.24) is 19.9 Å². The Morgan fingerprint density at radius 2 is 1.84 bits per heavy atom. The molecule has 4 aromatic rings. The van der Waals surface area contributed by atoms with Crippen LogP contribution in [0, 0.1) is 5.82 Å². The minimum atomic E-state index is -0.852. The molecule has 1 unspecified atom stereocenters. The summed E-state index contributed by atoms with van der Waals surface area (Å²) in [6.07, 6.45) is 2.90. The number of amides is 2. The van der Waals surface area contributed by atoms with Gasteiger partial charge in [-0.3, -0.25) is 14.4 Å². The Morgan fingerprint density at radius 1 is 1.08 bits per heavy atom. The van der Waals surface area contributed by atoms with Gasteiger partial charge in [-0.25, -0.2) is 14.8 Å². The Balaban J connectivity index is 1.43. The molecule has 1 aliphatic heterocycles. The highest BCUT2D eigenvalue weighted by molar-refractivity contribution is 5.95. The van der Waals surface area contributed by atoms with Crippen LogP contribution in [0.4, 0.5) is 15.9 Å². The number of hydrazone groups is 1. The maximum atomic E-state index is 16.2. The average Bonchev–Trinajstić information content (AvgIpc) is 3.23. The van der Waals surface area contributed by atoms with Crippen LogP contribution in [-0.2, 0) is 34.8 Å². The number of hydrogen-bond donors (Lipinski definition) is 3. The number of carbonyl (C=O) groups is 2. The monoisotopic (exact) mass is 666 g/mol. The number of aromatic nitrogens is 2. The van der Waals surface area contributed by atoms with Crippen molar-refractivity contribution in [3.63, 3.8) is 0 Å². The summed E-state index contributed by atoms with van der Waals surface area (Å²) in [6.45, 7) is 7.98. The van der Waals surface area contributed by atoms with Crippen molar-refractivity contribution in [2.75, 3.05) is 31.6 Å². The van der Waals surface area contributed by atoms with Crippen LogP contribution < -0.4 is 16.3 Å². The van der Waals surface area contributed by atoms with Crippen molar-refractivity contribution in [2.45, 2.75) is 45.1 Å². The first kappa shape index (κ1) is 33.7. The Bertz CT molecular complexity index is 1990. The summed E-state index contributed by atoms with van der Waals surface area (Å²) < 4.78 is 23.1. The number of hydrogen-bond acceptors (Lipinski definition) is 8. The van der Waals surface area contributed by atoms with E-state index >= 15 is 4.39 Å². The van der Waals surface area contributed by atoms with Crippen molar-refractivity contribution in [3.8, 4) is 22.3 Å². The highest BCUT2D eigenvalue weighted by Crippen LogP contribution is 2.41. The Kier molecular flexibility index (Phi) is 9.44. The third-order valence-corrected chi connectivity index (χ3v) is 9.03. The van der Waals surface area contributed by atoms with Gasteiger partial charge < -0.3 is 24.6 Å². The number of fused-ring (bicyclic) bond motifs is 3. The van der Waals surface area contributed by atoms with Gasteiger partial charge in [0.2, 0.25) is 6.41 Å². The molecule has 0 radical (unpaired) electrons. The number of nitrogens with one attached hydrogen (secondary N) is 2. The quantitative estimate of drug-likeness (QED) is 0.152. The molecular formula is C37H39FN6O5. The first-order chi connectivity index (χ1) is 23.5. The van der Waals surface area contributed by atoms with Crippen molar-refractivity contribution in [2.24, 2.45) is 12.1 Å². The minimum absolute atomic E-state index is 0.131. The summed E-state index contributed by atoms with van der Waals surface area (Å²) in [6, 6.07) is 14.0. The molecule has 1 atom stereocenters. The smallest absolute Gasteiger partial charge is 0.274 e. The fourth-order valence-corrected chi connectivity index (χ4v) is 6.43. The van der Waals surface area contributed by atoms with Crippen molar-refractivity contribution in [3.05, 3.63) is 98.8 Å². The molecule has 6 rings (SSSR count). The number of benzene rings is 2. The number of halogens is 1. The Morgan fingerprint density at radius 3 is 2.53 bits per heavy atom. The highest BCUT2D eigenvalue weighted by Gasteiger charge is 2.28. The number of pyridine rings is 2. The van der Waals surface area contributed by atoms with E-state index < -0.39 is 11.9 Å². The lowest BCUT2D eigenvalue weighted by molar-refractivity contribution is -0.109. The van der Waals surface area contributed by atoms with Gasteiger partial charge in [-0.2, -0.15) is 5.10 Å². The predicted octanol–water partition coefficient (Wildman–Crippen LogP) is 4.31. The van der Waals surface area contributed by atoms with Crippen LogP contribution in [-0.4, -0.2) is 70.5 Å². The lowest BCUT2D eigenvalue weighted by Crippen LogP contribution is -2.40. The van der Waals surface area contributed by atoms with E-state index in [1.165, 1.54) is 23.0 Å².